The number of methoxy groups -OCH3 is 1. The van der Waals surface area contributed by atoms with Gasteiger partial charge in [-0.05, 0) is 24.6 Å². The van der Waals surface area contributed by atoms with E-state index in [0.717, 1.165) is 5.56 Å². The first-order valence-electron chi connectivity index (χ1n) is 6.78. The van der Waals surface area contributed by atoms with Gasteiger partial charge in [-0.25, -0.2) is 4.79 Å². The number of hydrogen-bond donors (Lipinski definition) is 1. The van der Waals surface area contributed by atoms with Crippen molar-refractivity contribution in [3.05, 3.63) is 29.8 Å². The van der Waals surface area contributed by atoms with Crippen molar-refractivity contribution in [2.45, 2.75) is 32.0 Å². The van der Waals surface area contributed by atoms with Gasteiger partial charge in [0.25, 0.3) is 5.91 Å². The third kappa shape index (κ3) is 3.36. The van der Waals surface area contributed by atoms with Crippen LogP contribution in [0.15, 0.2) is 24.3 Å². The molecule has 0 aliphatic carbocycles. The van der Waals surface area contributed by atoms with Gasteiger partial charge in [0, 0.05) is 6.54 Å². The van der Waals surface area contributed by atoms with Gasteiger partial charge in [0.1, 0.15) is 11.8 Å². The molecule has 0 bridgehead atoms. The third-order valence-electron chi connectivity index (χ3n) is 3.45. The first-order chi connectivity index (χ1) is 10.4. The number of aliphatic carboxylic acids is 1. The van der Waals surface area contributed by atoms with Crippen LogP contribution in [0.1, 0.15) is 18.9 Å². The summed E-state index contributed by atoms with van der Waals surface area (Å²) >= 11 is 0. The Balaban J connectivity index is 2.22. The van der Waals surface area contributed by atoms with Gasteiger partial charge >= 0.3 is 11.9 Å². The maximum absolute atomic E-state index is 12.2. The van der Waals surface area contributed by atoms with Crippen LogP contribution in [0.5, 0.6) is 5.75 Å². The van der Waals surface area contributed by atoms with Crippen molar-refractivity contribution in [1.82, 2.24) is 4.90 Å². The van der Waals surface area contributed by atoms with E-state index in [1.54, 1.807) is 31.4 Å². The van der Waals surface area contributed by atoms with Gasteiger partial charge in [-0.15, -0.1) is 0 Å². The molecule has 7 nitrogen and oxygen atoms in total. The number of hydrogen-bond acceptors (Lipinski definition) is 5. The van der Waals surface area contributed by atoms with Crippen molar-refractivity contribution in [2.75, 3.05) is 7.11 Å². The molecule has 22 heavy (non-hydrogen) atoms. The molecule has 1 aromatic carbocycles. The average Bonchev–Trinajstić information content (AvgIpc) is 2.48. The molecule has 1 aliphatic rings. The fourth-order valence-corrected chi connectivity index (χ4v) is 2.29. The van der Waals surface area contributed by atoms with Gasteiger partial charge in [0.15, 0.2) is 6.10 Å². The zero-order valence-electron chi connectivity index (χ0n) is 12.3. The molecule has 1 saturated heterocycles. The van der Waals surface area contributed by atoms with E-state index < -0.39 is 36.4 Å². The number of morpholine rings is 1. The molecule has 2 rings (SSSR count). The molecule has 1 heterocycles. The quantitative estimate of drug-likeness (QED) is 0.809. The summed E-state index contributed by atoms with van der Waals surface area (Å²) in [4.78, 5) is 36.3. The number of rotatable bonds is 5. The maximum atomic E-state index is 12.2. The maximum Gasteiger partial charge on any atom is 0.330 e. The van der Waals surface area contributed by atoms with E-state index in [1.807, 2.05) is 0 Å². The van der Waals surface area contributed by atoms with Crippen LogP contribution < -0.4 is 4.74 Å². The number of esters is 1. The highest BCUT2D eigenvalue weighted by molar-refractivity contribution is 5.94. The van der Waals surface area contributed by atoms with Crippen molar-refractivity contribution in [3.63, 3.8) is 0 Å². The SMILES string of the molecule is COc1ccc(CN2C(=O)[C@H](C)OC(=O)[C@H]2CC(=O)O)cc1. The average molecular weight is 307 g/mol. The first-order valence-corrected chi connectivity index (χ1v) is 6.78. The molecular formula is C15H17NO6. The minimum Gasteiger partial charge on any atom is -0.497 e. The number of nitrogens with zero attached hydrogens (tertiary/aromatic N) is 1. The fraction of sp³-hybridized carbons (Fsp3) is 0.400. The number of carbonyl (C=O) groups excluding carboxylic acids is 2. The molecule has 1 amide bonds. The van der Waals surface area contributed by atoms with E-state index in [9.17, 15) is 14.4 Å². The molecule has 1 aromatic rings. The van der Waals surface area contributed by atoms with Gasteiger partial charge in [0.2, 0.25) is 0 Å². The van der Waals surface area contributed by atoms with Crippen molar-refractivity contribution in [1.29, 1.82) is 0 Å². The molecule has 1 aliphatic heterocycles. The Morgan fingerprint density at radius 3 is 2.50 bits per heavy atom. The standard InChI is InChI=1S/C15H17NO6/c1-9-14(19)16(12(7-13(17)18)15(20)22-9)8-10-3-5-11(21-2)6-4-10/h3-6,9,12H,7-8H2,1-2H3,(H,17,18)/t9-,12+/m0/s1. The number of cyclic esters (lactones) is 1. The van der Waals surface area contributed by atoms with Crippen LogP contribution in [0.2, 0.25) is 0 Å². The lowest BCUT2D eigenvalue weighted by Gasteiger charge is -2.36. The number of ether oxygens (including phenoxy) is 2. The molecule has 0 aromatic heterocycles. The predicted octanol–water partition coefficient (Wildman–Crippen LogP) is 0.812. The number of amides is 1. The van der Waals surface area contributed by atoms with Crippen LogP contribution in [-0.4, -0.2) is 47.1 Å². The zero-order chi connectivity index (χ0) is 16.3. The lowest BCUT2D eigenvalue weighted by molar-refractivity contribution is -0.179. The summed E-state index contributed by atoms with van der Waals surface area (Å²) in [6.07, 6.45) is -1.39. The van der Waals surface area contributed by atoms with Gasteiger partial charge in [-0.2, -0.15) is 0 Å². The molecule has 0 unspecified atom stereocenters. The Hall–Kier alpha value is -2.57. The first kappa shape index (κ1) is 15.8. The predicted molar refractivity (Wildman–Crippen MR) is 75.1 cm³/mol. The van der Waals surface area contributed by atoms with E-state index in [-0.39, 0.29) is 6.54 Å². The summed E-state index contributed by atoms with van der Waals surface area (Å²) in [6, 6.07) is 5.88. The van der Waals surface area contributed by atoms with Crippen LogP contribution in [-0.2, 0) is 25.7 Å². The zero-order valence-corrected chi connectivity index (χ0v) is 12.3. The normalized spacial score (nSPS) is 21.5. The highest BCUT2D eigenvalue weighted by Gasteiger charge is 2.41. The lowest BCUT2D eigenvalue weighted by Crippen LogP contribution is -2.55. The lowest BCUT2D eigenvalue weighted by atomic mass is 10.1. The number of carboxylic acids is 1. The molecule has 1 N–H and O–H groups in total. The Bertz CT molecular complexity index is 582. The Morgan fingerprint density at radius 1 is 1.32 bits per heavy atom. The largest absolute Gasteiger partial charge is 0.497 e. The minimum absolute atomic E-state index is 0.139. The molecule has 0 saturated carbocycles. The summed E-state index contributed by atoms with van der Waals surface area (Å²) in [5, 5.41) is 8.93. The highest BCUT2D eigenvalue weighted by Crippen LogP contribution is 2.21. The van der Waals surface area contributed by atoms with Crippen LogP contribution >= 0.6 is 0 Å². The van der Waals surface area contributed by atoms with Crippen LogP contribution in [0.25, 0.3) is 0 Å². The Kier molecular flexibility index (Phi) is 4.65. The fourth-order valence-electron chi connectivity index (χ4n) is 2.29. The van der Waals surface area contributed by atoms with Crippen LogP contribution in [0, 0.1) is 0 Å². The van der Waals surface area contributed by atoms with E-state index in [0.29, 0.717) is 5.75 Å². The third-order valence-corrected chi connectivity index (χ3v) is 3.45. The summed E-state index contributed by atoms with van der Waals surface area (Å²) in [7, 11) is 1.55. The van der Waals surface area contributed by atoms with Gasteiger partial charge in [-0.3, -0.25) is 9.59 Å². The molecule has 2 atom stereocenters. The van der Waals surface area contributed by atoms with Gasteiger partial charge in [-0.1, -0.05) is 12.1 Å². The second kappa shape index (κ2) is 6.46. The van der Waals surface area contributed by atoms with E-state index in [1.165, 1.54) is 11.8 Å². The number of carboxylic acid groups (broad SMARTS) is 1. The molecule has 7 heteroatoms. The summed E-state index contributed by atoms with van der Waals surface area (Å²) in [5.41, 5.74) is 0.770. The second-order valence-corrected chi connectivity index (χ2v) is 5.01. The molecule has 118 valence electrons. The topological polar surface area (TPSA) is 93.1 Å². The van der Waals surface area contributed by atoms with E-state index in [4.69, 9.17) is 14.6 Å². The van der Waals surface area contributed by atoms with Crippen molar-refractivity contribution >= 4 is 17.8 Å². The van der Waals surface area contributed by atoms with Gasteiger partial charge in [0.05, 0.1) is 13.5 Å². The van der Waals surface area contributed by atoms with Crippen LogP contribution in [0.4, 0.5) is 0 Å². The van der Waals surface area contributed by atoms with Crippen molar-refractivity contribution < 1.29 is 29.0 Å². The summed E-state index contributed by atoms with van der Waals surface area (Å²) < 4.78 is 9.96. The molecule has 1 fully saturated rings. The van der Waals surface area contributed by atoms with E-state index in [2.05, 4.69) is 0 Å². The highest BCUT2D eigenvalue weighted by atomic mass is 16.6. The molecular weight excluding hydrogens is 290 g/mol. The van der Waals surface area contributed by atoms with E-state index >= 15 is 0 Å². The summed E-state index contributed by atoms with van der Waals surface area (Å²) in [6.45, 7) is 1.61. The van der Waals surface area contributed by atoms with Crippen LogP contribution in [0.3, 0.4) is 0 Å². The monoisotopic (exact) mass is 307 g/mol. The smallest absolute Gasteiger partial charge is 0.330 e. The minimum atomic E-state index is -1.16. The number of carbonyl (C=O) groups is 3. The number of benzene rings is 1. The molecule has 0 radical (unpaired) electrons. The molecule has 0 spiro atoms. The Labute approximate surface area is 127 Å². The summed E-state index contributed by atoms with van der Waals surface area (Å²) in [5.74, 6) is -1.59. The van der Waals surface area contributed by atoms with Gasteiger partial charge < -0.3 is 19.5 Å². The van der Waals surface area contributed by atoms with Crippen molar-refractivity contribution in [2.24, 2.45) is 0 Å². The second-order valence-electron chi connectivity index (χ2n) is 5.01. The Morgan fingerprint density at radius 2 is 1.95 bits per heavy atom. The van der Waals surface area contributed by atoms with Crippen molar-refractivity contribution in [3.8, 4) is 5.75 Å².